The van der Waals surface area contributed by atoms with Crippen molar-refractivity contribution in [2.45, 2.75) is 19.8 Å². The molecule has 0 saturated carbocycles. The number of aliphatic hydroxyl groups is 1. The minimum atomic E-state index is -0.154. The summed E-state index contributed by atoms with van der Waals surface area (Å²) in [5, 5.41) is 11.9. The number of carbonyl (C=O) groups excluding carboxylic acids is 3. The van der Waals surface area contributed by atoms with Crippen LogP contribution in [0.2, 0.25) is 0 Å². The van der Waals surface area contributed by atoms with Gasteiger partial charge < -0.3 is 26.0 Å². The number of likely N-dealkylation sites (N-methyl/N-ethyl adjacent to an activating group) is 2. The molecule has 200 valence electrons. The number of rotatable bonds is 11. The maximum absolute atomic E-state index is 13.1. The number of aliphatic hydroxyl groups excluding tert-OH is 1. The molecular formula is C29H35N5O4. The number of amidine groups is 1. The summed E-state index contributed by atoms with van der Waals surface area (Å²) in [6.07, 6.45) is 7.17. The maximum atomic E-state index is 13.1. The normalized spacial score (nSPS) is 12.7. The molecule has 0 bridgehead atoms. The van der Waals surface area contributed by atoms with Crippen molar-refractivity contribution in [3.8, 4) is 11.1 Å². The van der Waals surface area contributed by atoms with E-state index in [0.717, 1.165) is 29.4 Å². The topological polar surface area (TPSA) is 128 Å². The van der Waals surface area contributed by atoms with Gasteiger partial charge in [-0.2, -0.15) is 0 Å². The molecule has 9 heteroatoms. The van der Waals surface area contributed by atoms with Crippen LogP contribution in [-0.4, -0.2) is 79.2 Å². The molecule has 3 rings (SSSR count). The Morgan fingerprint density at radius 3 is 2.55 bits per heavy atom. The highest BCUT2D eigenvalue weighted by Gasteiger charge is 2.21. The monoisotopic (exact) mass is 517 g/mol. The number of nitrogens with one attached hydrogen (secondary N) is 1. The Morgan fingerprint density at radius 1 is 1.13 bits per heavy atom. The molecule has 0 aliphatic carbocycles. The molecule has 0 spiro atoms. The summed E-state index contributed by atoms with van der Waals surface area (Å²) in [5.74, 6) is 0.0648. The van der Waals surface area contributed by atoms with Crippen molar-refractivity contribution in [1.29, 1.82) is 0 Å². The second-order valence-corrected chi connectivity index (χ2v) is 9.10. The first kappa shape index (κ1) is 28.3. The average molecular weight is 518 g/mol. The molecule has 0 unspecified atom stereocenters. The lowest BCUT2D eigenvalue weighted by Gasteiger charge is -2.22. The minimum Gasteiger partial charge on any atom is -0.395 e. The van der Waals surface area contributed by atoms with E-state index in [9.17, 15) is 19.5 Å². The molecule has 1 aliphatic heterocycles. The van der Waals surface area contributed by atoms with Crippen LogP contribution < -0.4 is 11.1 Å². The Kier molecular flexibility index (Phi) is 9.95. The summed E-state index contributed by atoms with van der Waals surface area (Å²) < 4.78 is 0. The number of fused-ring (bicyclic) bond motifs is 1. The van der Waals surface area contributed by atoms with Gasteiger partial charge in [-0.15, -0.1) is 0 Å². The molecule has 1 aliphatic rings. The fraction of sp³-hybridized carbons (Fsp3) is 0.310. The van der Waals surface area contributed by atoms with Gasteiger partial charge in [-0.25, -0.2) is 4.99 Å². The van der Waals surface area contributed by atoms with Crippen LogP contribution in [0.4, 0.5) is 5.69 Å². The van der Waals surface area contributed by atoms with Gasteiger partial charge in [-0.05, 0) is 53.6 Å². The van der Waals surface area contributed by atoms with Crippen LogP contribution in [0.25, 0.3) is 23.3 Å². The van der Waals surface area contributed by atoms with Gasteiger partial charge in [0.05, 0.1) is 18.8 Å². The van der Waals surface area contributed by atoms with E-state index in [1.54, 1.807) is 42.2 Å². The predicted molar refractivity (Wildman–Crippen MR) is 151 cm³/mol. The van der Waals surface area contributed by atoms with Crippen LogP contribution in [0.3, 0.4) is 0 Å². The lowest BCUT2D eigenvalue weighted by molar-refractivity contribution is -0.127. The van der Waals surface area contributed by atoms with Crippen LogP contribution in [0, 0.1) is 0 Å². The second kappa shape index (κ2) is 13.3. The molecule has 1 heterocycles. The highest BCUT2D eigenvalue weighted by atomic mass is 16.3. The van der Waals surface area contributed by atoms with Gasteiger partial charge in [0.25, 0.3) is 0 Å². The summed E-state index contributed by atoms with van der Waals surface area (Å²) in [5.41, 5.74) is 11.1. The van der Waals surface area contributed by atoms with Crippen LogP contribution in [-0.2, 0) is 9.59 Å². The van der Waals surface area contributed by atoms with Crippen molar-refractivity contribution in [1.82, 2.24) is 15.1 Å². The molecule has 4 N–H and O–H groups in total. The first-order valence-corrected chi connectivity index (χ1v) is 12.6. The largest absolute Gasteiger partial charge is 0.395 e. The number of amides is 2. The fourth-order valence-electron chi connectivity index (χ4n) is 4.19. The molecule has 38 heavy (non-hydrogen) atoms. The molecule has 0 saturated heterocycles. The standard InChI is InChI=1S/C29H35N5O4/c1-4-10-34(12-13-35)29(38)25-15-23-7-5-21(16-26(23)32-27(30)17-25)20-6-8-24(19-36)22(14-20)9-11-33(3)18-28(37)31-2/h5-9,11,14-16,19,35H,4,10,12-13,17-18H2,1-3H3,(H2,30,32)(H,31,37)/b11-9-. The zero-order chi connectivity index (χ0) is 27.7. The number of aliphatic imine (C=N–C) groups is 1. The minimum absolute atomic E-state index is 0.104. The second-order valence-electron chi connectivity index (χ2n) is 9.10. The van der Waals surface area contributed by atoms with E-state index < -0.39 is 0 Å². The van der Waals surface area contributed by atoms with Gasteiger partial charge in [-0.3, -0.25) is 14.4 Å². The number of carbonyl (C=O) groups is 3. The van der Waals surface area contributed by atoms with Crippen LogP contribution in [0.5, 0.6) is 0 Å². The summed E-state index contributed by atoms with van der Waals surface area (Å²) in [6.45, 7) is 2.89. The van der Waals surface area contributed by atoms with Crippen molar-refractivity contribution >= 4 is 41.8 Å². The molecule has 0 radical (unpaired) electrons. The third-order valence-corrected chi connectivity index (χ3v) is 6.15. The summed E-state index contributed by atoms with van der Waals surface area (Å²) in [4.78, 5) is 44.3. The number of aldehydes is 1. The Balaban J connectivity index is 1.94. The van der Waals surface area contributed by atoms with Crippen molar-refractivity contribution < 1.29 is 19.5 Å². The quantitative estimate of drug-likeness (QED) is 0.393. The van der Waals surface area contributed by atoms with E-state index in [2.05, 4.69) is 10.3 Å². The van der Waals surface area contributed by atoms with E-state index in [4.69, 9.17) is 5.73 Å². The Morgan fingerprint density at radius 2 is 1.87 bits per heavy atom. The van der Waals surface area contributed by atoms with Crippen molar-refractivity contribution in [3.05, 3.63) is 64.9 Å². The number of nitrogens with zero attached hydrogens (tertiary/aromatic N) is 3. The number of nitrogens with two attached hydrogens (primary N) is 1. The smallest absolute Gasteiger partial charge is 0.250 e. The molecule has 2 amide bonds. The third-order valence-electron chi connectivity index (χ3n) is 6.15. The van der Waals surface area contributed by atoms with E-state index in [1.807, 2.05) is 43.3 Å². The lowest BCUT2D eigenvalue weighted by atomic mass is 9.97. The third kappa shape index (κ3) is 7.17. The number of benzene rings is 2. The Hall–Kier alpha value is -4.24. The van der Waals surface area contributed by atoms with Gasteiger partial charge >= 0.3 is 0 Å². The van der Waals surface area contributed by atoms with E-state index in [0.29, 0.717) is 34.8 Å². The summed E-state index contributed by atoms with van der Waals surface area (Å²) >= 11 is 0. The van der Waals surface area contributed by atoms with Crippen molar-refractivity contribution in [3.63, 3.8) is 0 Å². The van der Waals surface area contributed by atoms with Crippen molar-refractivity contribution in [2.75, 3.05) is 40.3 Å². The Bertz CT molecular complexity index is 1280. The molecule has 0 atom stereocenters. The maximum Gasteiger partial charge on any atom is 0.250 e. The van der Waals surface area contributed by atoms with Crippen LogP contribution in [0.1, 0.15) is 41.3 Å². The zero-order valence-electron chi connectivity index (χ0n) is 22.1. The average Bonchev–Trinajstić information content (AvgIpc) is 3.08. The molecule has 9 nitrogen and oxygen atoms in total. The van der Waals surface area contributed by atoms with E-state index in [-0.39, 0.29) is 37.9 Å². The highest BCUT2D eigenvalue weighted by Crippen LogP contribution is 2.33. The van der Waals surface area contributed by atoms with Crippen molar-refractivity contribution in [2.24, 2.45) is 10.7 Å². The predicted octanol–water partition coefficient (Wildman–Crippen LogP) is 2.82. The number of hydrogen-bond donors (Lipinski definition) is 3. The summed E-state index contributed by atoms with van der Waals surface area (Å²) in [6, 6.07) is 11.3. The molecule has 0 fully saturated rings. The molecule has 0 aromatic heterocycles. The van der Waals surface area contributed by atoms with E-state index >= 15 is 0 Å². The van der Waals surface area contributed by atoms with Gasteiger partial charge in [-0.1, -0.05) is 31.2 Å². The lowest BCUT2D eigenvalue weighted by Crippen LogP contribution is -2.36. The SMILES string of the molecule is CCCN(CCO)C(=O)C1=Cc2ccc(-c3ccc(C=O)c(/C=C\N(C)CC(=O)NC)c3)cc2N=C(N)C1. The van der Waals surface area contributed by atoms with Gasteiger partial charge in [0.1, 0.15) is 5.84 Å². The van der Waals surface area contributed by atoms with Crippen LogP contribution >= 0.6 is 0 Å². The molecular weight excluding hydrogens is 482 g/mol. The first-order chi connectivity index (χ1) is 18.3. The molecule has 2 aromatic carbocycles. The number of hydrogen-bond acceptors (Lipinski definition) is 7. The van der Waals surface area contributed by atoms with E-state index in [1.165, 1.54) is 0 Å². The van der Waals surface area contributed by atoms with Gasteiger partial charge in [0, 0.05) is 50.3 Å². The van der Waals surface area contributed by atoms with Gasteiger partial charge in [0.15, 0.2) is 6.29 Å². The van der Waals surface area contributed by atoms with Crippen LogP contribution in [0.15, 0.2) is 53.2 Å². The zero-order valence-corrected chi connectivity index (χ0v) is 22.1. The molecule has 2 aromatic rings. The first-order valence-electron chi connectivity index (χ1n) is 12.6. The van der Waals surface area contributed by atoms with Gasteiger partial charge in [0.2, 0.25) is 11.8 Å². The summed E-state index contributed by atoms with van der Waals surface area (Å²) in [7, 11) is 3.36. The Labute approximate surface area is 223 Å². The highest BCUT2D eigenvalue weighted by molar-refractivity contribution is 6.05. The fourth-order valence-corrected chi connectivity index (χ4v) is 4.19.